The van der Waals surface area contributed by atoms with Gasteiger partial charge < -0.3 is 19.7 Å². The van der Waals surface area contributed by atoms with Crippen LogP contribution in [0.1, 0.15) is 91.9 Å². The Morgan fingerprint density at radius 2 is 1.68 bits per heavy atom. The Labute approximate surface area is 305 Å². The number of benzene rings is 2. The minimum absolute atomic E-state index is 0.0106. The summed E-state index contributed by atoms with van der Waals surface area (Å²) in [6.07, 6.45) is -2.77. The van der Waals surface area contributed by atoms with Crippen molar-refractivity contribution >= 4 is 11.9 Å². The van der Waals surface area contributed by atoms with Crippen molar-refractivity contribution in [2.24, 2.45) is 5.92 Å². The Morgan fingerprint density at radius 3 is 2.25 bits per heavy atom. The van der Waals surface area contributed by atoms with Gasteiger partial charge in [0.05, 0.1) is 31.2 Å². The third-order valence-corrected chi connectivity index (χ3v) is 10.1. The lowest BCUT2D eigenvalue weighted by atomic mass is 9.88. The van der Waals surface area contributed by atoms with Crippen molar-refractivity contribution in [3.05, 3.63) is 91.9 Å². The second-order valence-electron chi connectivity index (χ2n) is 14.4. The van der Waals surface area contributed by atoms with E-state index in [-0.39, 0.29) is 47.5 Å². The van der Waals surface area contributed by atoms with Crippen molar-refractivity contribution in [2.45, 2.75) is 97.1 Å². The van der Waals surface area contributed by atoms with Gasteiger partial charge in [0.1, 0.15) is 17.7 Å². The van der Waals surface area contributed by atoms with E-state index in [9.17, 15) is 37.1 Å². The Balaban J connectivity index is 1.55. The van der Waals surface area contributed by atoms with E-state index in [1.165, 1.54) is 18.2 Å². The summed E-state index contributed by atoms with van der Waals surface area (Å²) in [7, 11) is 0. The fourth-order valence-corrected chi connectivity index (χ4v) is 7.74. The number of nitrogens with one attached hydrogen (secondary N) is 1. The first-order valence-corrected chi connectivity index (χ1v) is 17.7. The molecule has 2 unspecified atom stereocenters. The van der Waals surface area contributed by atoms with E-state index in [1.54, 1.807) is 34.6 Å². The average Bonchev–Trinajstić information content (AvgIpc) is 3.26. The van der Waals surface area contributed by atoms with E-state index in [0.29, 0.717) is 48.1 Å². The molecule has 1 amide bonds. The molecular formula is C40H44F5N3O5. The number of aliphatic carboxylic acids is 1. The SMILES string of the molecule is CC#Cc1cc(F)c([C@@H](CC(=O)O)NC(=O)[C@H](CC(C)C)n2cc(CCN3C4CCC3COC4)c(C(F)(F)F)cc2=O)cc1-c1c(C)cc(F)cc1C. The van der Waals surface area contributed by atoms with E-state index in [4.69, 9.17) is 4.74 Å². The number of nitrogens with zero attached hydrogens (tertiary/aromatic N) is 2. The molecule has 4 atom stereocenters. The zero-order chi connectivity index (χ0) is 38.8. The van der Waals surface area contributed by atoms with Gasteiger partial charge in [-0.2, -0.15) is 13.2 Å². The summed E-state index contributed by atoms with van der Waals surface area (Å²) in [5, 5.41) is 12.5. The maximum atomic E-state index is 15.9. The number of rotatable bonds is 12. The number of carbonyl (C=O) groups is 2. The highest BCUT2D eigenvalue weighted by molar-refractivity contribution is 5.82. The number of morpholine rings is 1. The van der Waals surface area contributed by atoms with E-state index >= 15 is 4.39 Å². The lowest BCUT2D eigenvalue weighted by Crippen LogP contribution is -2.46. The average molecular weight is 742 g/mol. The number of fused-ring (bicyclic) bond motifs is 2. The maximum absolute atomic E-state index is 15.9. The zero-order valence-electron chi connectivity index (χ0n) is 30.4. The summed E-state index contributed by atoms with van der Waals surface area (Å²) in [5.74, 6) is 1.78. The van der Waals surface area contributed by atoms with Gasteiger partial charge >= 0.3 is 12.1 Å². The molecule has 5 rings (SSSR count). The van der Waals surface area contributed by atoms with Crippen LogP contribution in [-0.2, 0) is 26.9 Å². The molecular weight excluding hydrogens is 697 g/mol. The van der Waals surface area contributed by atoms with Gasteiger partial charge in [0.2, 0.25) is 5.91 Å². The summed E-state index contributed by atoms with van der Waals surface area (Å²) in [6.45, 7) is 9.74. The van der Waals surface area contributed by atoms with Crippen LogP contribution in [0, 0.1) is 43.2 Å². The molecule has 8 nitrogen and oxygen atoms in total. The van der Waals surface area contributed by atoms with Crippen molar-refractivity contribution < 1.29 is 41.4 Å². The van der Waals surface area contributed by atoms with Crippen LogP contribution in [0.15, 0.2) is 41.3 Å². The molecule has 2 aromatic carbocycles. The van der Waals surface area contributed by atoms with Crippen LogP contribution in [0.5, 0.6) is 0 Å². The first kappa shape index (κ1) is 39.7. The molecule has 3 aromatic rings. The smallest absolute Gasteiger partial charge is 0.416 e. The van der Waals surface area contributed by atoms with Crippen molar-refractivity contribution in [3.63, 3.8) is 0 Å². The maximum Gasteiger partial charge on any atom is 0.416 e. The van der Waals surface area contributed by atoms with Gasteiger partial charge in [0.15, 0.2) is 0 Å². The van der Waals surface area contributed by atoms with E-state index in [2.05, 4.69) is 22.1 Å². The van der Waals surface area contributed by atoms with Crippen LogP contribution in [0.3, 0.4) is 0 Å². The highest BCUT2D eigenvalue weighted by Crippen LogP contribution is 2.37. The van der Waals surface area contributed by atoms with Gasteiger partial charge in [-0.05, 0) is 104 Å². The lowest BCUT2D eigenvalue weighted by molar-refractivity contribution is -0.139. The first-order valence-electron chi connectivity index (χ1n) is 17.7. The third-order valence-electron chi connectivity index (χ3n) is 10.1. The molecule has 0 saturated carbocycles. The summed E-state index contributed by atoms with van der Waals surface area (Å²) in [5.41, 5.74) is -0.223. The van der Waals surface area contributed by atoms with Gasteiger partial charge in [0, 0.05) is 42.0 Å². The van der Waals surface area contributed by atoms with E-state index in [0.717, 1.165) is 29.7 Å². The van der Waals surface area contributed by atoms with Crippen LogP contribution in [0.4, 0.5) is 22.0 Å². The predicted molar refractivity (Wildman–Crippen MR) is 189 cm³/mol. The molecule has 53 heavy (non-hydrogen) atoms. The number of alkyl halides is 3. The topological polar surface area (TPSA) is 101 Å². The monoisotopic (exact) mass is 741 g/mol. The summed E-state index contributed by atoms with van der Waals surface area (Å²) < 4.78 is 79.7. The summed E-state index contributed by atoms with van der Waals surface area (Å²) >= 11 is 0. The number of aromatic nitrogens is 1. The quantitative estimate of drug-likeness (QED) is 0.152. The van der Waals surface area contributed by atoms with E-state index < -0.39 is 59.3 Å². The Morgan fingerprint density at radius 1 is 1.04 bits per heavy atom. The molecule has 0 spiro atoms. The Hall–Kier alpha value is -4.54. The number of carbonyl (C=O) groups excluding carboxylic acids is 1. The predicted octanol–water partition coefficient (Wildman–Crippen LogP) is 7.13. The minimum atomic E-state index is -4.83. The number of hydrogen-bond donors (Lipinski definition) is 2. The second-order valence-corrected chi connectivity index (χ2v) is 14.4. The van der Waals surface area contributed by atoms with Gasteiger partial charge in [-0.3, -0.25) is 19.3 Å². The number of ether oxygens (including phenoxy) is 1. The number of hydrogen-bond acceptors (Lipinski definition) is 5. The molecule has 2 aliphatic rings. The van der Waals surface area contributed by atoms with Crippen molar-refractivity contribution in [1.29, 1.82) is 0 Å². The van der Waals surface area contributed by atoms with Crippen molar-refractivity contribution in [1.82, 2.24) is 14.8 Å². The number of pyridine rings is 1. The molecule has 2 aliphatic heterocycles. The number of carboxylic acid groups (broad SMARTS) is 1. The highest BCUT2D eigenvalue weighted by atomic mass is 19.4. The van der Waals surface area contributed by atoms with Crippen molar-refractivity contribution in [3.8, 4) is 23.0 Å². The van der Waals surface area contributed by atoms with Crippen LogP contribution in [-0.4, -0.2) is 58.3 Å². The molecule has 2 saturated heterocycles. The molecule has 3 heterocycles. The molecule has 2 fully saturated rings. The minimum Gasteiger partial charge on any atom is -0.481 e. The first-order chi connectivity index (χ1) is 25.0. The summed E-state index contributed by atoms with van der Waals surface area (Å²) in [4.78, 5) is 41.9. The Kier molecular flexibility index (Phi) is 12.1. The van der Waals surface area contributed by atoms with Gasteiger partial charge in [-0.15, -0.1) is 5.92 Å². The number of amides is 1. The number of carboxylic acids is 1. The van der Waals surface area contributed by atoms with Crippen LogP contribution in [0.2, 0.25) is 0 Å². The number of aryl methyl sites for hydroxylation is 2. The molecule has 2 bridgehead atoms. The molecule has 0 aliphatic carbocycles. The number of halogens is 5. The largest absolute Gasteiger partial charge is 0.481 e. The zero-order valence-corrected chi connectivity index (χ0v) is 30.4. The van der Waals surface area contributed by atoms with Gasteiger partial charge in [-0.25, -0.2) is 8.78 Å². The Bertz CT molecular complexity index is 1960. The van der Waals surface area contributed by atoms with Gasteiger partial charge in [-0.1, -0.05) is 19.8 Å². The third kappa shape index (κ3) is 8.99. The molecule has 2 N–H and O–H groups in total. The molecule has 13 heteroatoms. The lowest BCUT2D eigenvalue weighted by Gasteiger charge is -2.34. The van der Waals surface area contributed by atoms with Gasteiger partial charge in [0.25, 0.3) is 5.56 Å². The normalized spacial score (nSPS) is 18.4. The molecule has 1 aromatic heterocycles. The highest BCUT2D eigenvalue weighted by Gasteiger charge is 2.39. The second kappa shape index (κ2) is 16.2. The molecule has 284 valence electrons. The van der Waals surface area contributed by atoms with Crippen LogP contribution < -0.4 is 10.9 Å². The fraction of sp³-hybridized carbons (Fsp3) is 0.475. The summed E-state index contributed by atoms with van der Waals surface area (Å²) in [6, 6.07) is 3.02. The molecule has 0 radical (unpaired) electrons. The van der Waals surface area contributed by atoms with E-state index in [1.807, 2.05) is 0 Å². The fourth-order valence-electron chi connectivity index (χ4n) is 7.74. The van der Waals surface area contributed by atoms with Crippen LogP contribution in [0.25, 0.3) is 11.1 Å². The van der Waals surface area contributed by atoms with Crippen LogP contribution >= 0.6 is 0 Å². The van der Waals surface area contributed by atoms with Crippen molar-refractivity contribution in [2.75, 3.05) is 19.8 Å². The standard InChI is InChI=1S/C40H44F5N3O5/c1-6-7-25-15-33(42)31(16-30(25)38-23(4)13-27(41)14-24(38)5)34(18-37(50)51)46-39(52)35(12-22(2)3)48-19-26(32(17-36(48)49)40(43,44)45)10-11-47-28-8-9-29(47)21-53-20-28/h13-17,19,22,28-29,34-35H,8-12,18,20-21H2,1-5H3,(H,46,52)(H,50,51)/t28?,29?,34-,35+/m1/s1.